The van der Waals surface area contributed by atoms with Crippen LogP contribution in [0.2, 0.25) is 5.02 Å². The van der Waals surface area contributed by atoms with Crippen molar-refractivity contribution in [3.8, 4) is 0 Å². The van der Waals surface area contributed by atoms with E-state index in [1.807, 2.05) is 43.0 Å². The van der Waals surface area contributed by atoms with E-state index < -0.39 is 0 Å². The number of hydrogen-bond acceptors (Lipinski definition) is 1. The van der Waals surface area contributed by atoms with Crippen LogP contribution in [0.25, 0.3) is 0 Å². The van der Waals surface area contributed by atoms with Gasteiger partial charge < -0.3 is 4.90 Å². The summed E-state index contributed by atoms with van der Waals surface area (Å²) in [7, 11) is 0. The second-order valence-electron chi connectivity index (χ2n) is 5.72. The van der Waals surface area contributed by atoms with Crippen LogP contribution in [0.15, 0.2) is 36.4 Å². The van der Waals surface area contributed by atoms with Crippen molar-refractivity contribution < 1.29 is 4.79 Å². The van der Waals surface area contributed by atoms with Crippen LogP contribution in [0.4, 0.5) is 0 Å². The van der Waals surface area contributed by atoms with Crippen molar-refractivity contribution in [1.82, 2.24) is 4.90 Å². The van der Waals surface area contributed by atoms with E-state index in [0.29, 0.717) is 11.6 Å². The highest BCUT2D eigenvalue weighted by Gasteiger charge is 2.47. The molecule has 0 bridgehead atoms. The van der Waals surface area contributed by atoms with Crippen molar-refractivity contribution in [2.75, 3.05) is 13.1 Å². The summed E-state index contributed by atoms with van der Waals surface area (Å²) in [5, 5.41) is 0.713. The average molecular weight is 292 g/mol. The van der Waals surface area contributed by atoms with Gasteiger partial charge in [0.25, 0.3) is 0 Å². The van der Waals surface area contributed by atoms with Gasteiger partial charge in [-0.3, -0.25) is 4.79 Å². The van der Waals surface area contributed by atoms with Gasteiger partial charge in [-0.15, -0.1) is 0 Å². The molecule has 3 heteroatoms. The average Bonchev–Trinajstić information content (AvgIpc) is 2.36. The Balaban J connectivity index is 2.28. The monoisotopic (exact) mass is 291 g/mol. The first kappa shape index (κ1) is 15.1. The molecule has 108 valence electrons. The first-order valence-electron chi connectivity index (χ1n) is 7.19. The van der Waals surface area contributed by atoms with Gasteiger partial charge in [0.2, 0.25) is 5.91 Å². The Morgan fingerprint density at radius 1 is 1.35 bits per heavy atom. The van der Waals surface area contributed by atoms with Gasteiger partial charge in [0.1, 0.15) is 0 Å². The molecule has 0 spiro atoms. The predicted octanol–water partition coefficient (Wildman–Crippen LogP) is 4.19. The highest BCUT2D eigenvalue weighted by Crippen LogP contribution is 2.45. The third-order valence-electron chi connectivity index (χ3n) is 4.14. The molecule has 1 aliphatic rings. The molecular weight excluding hydrogens is 270 g/mol. The van der Waals surface area contributed by atoms with Crippen molar-refractivity contribution in [1.29, 1.82) is 0 Å². The number of carbonyl (C=O) groups is 1. The van der Waals surface area contributed by atoms with Crippen molar-refractivity contribution >= 4 is 17.5 Å². The molecule has 2 nitrogen and oxygen atoms in total. The van der Waals surface area contributed by atoms with Crippen molar-refractivity contribution in [3.63, 3.8) is 0 Å². The first-order chi connectivity index (χ1) is 9.49. The lowest BCUT2D eigenvalue weighted by Crippen LogP contribution is -2.51. The SMILES string of the molecule is C=C(C)CN(CC)C(=O)C1(c2ccc(Cl)cc2)CCC1. The van der Waals surface area contributed by atoms with E-state index in [4.69, 9.17) is 11.6 Å². The fourth-order valence-corrected chi connectivity index (χ4v) is 3.01. The van der Waals surface area contributed by atoms with Gasteiger partial charge in [0.15, 0.2) is 0 Å². The molecule has 0 heterocycles. The largest absolute Gasteiger partial charge is 0.338 e. The number of likely N-dealkylation sites (N-methyl/N-ethyl adjacent to an activating group) is 1. The lowest BCUT2D eigenvalue weighted by Gasteiger charge is -2.44. The lowest BCUT2D eigenvalue weighted by atomic mass is 9.63. The number of hydrogen-bond donors (Lipinski definition) is 0. The minimum atomic E-state index is -0.337. The molecule has 1 amide bonds. The summed E-state index contributed by atoms with van der Waals surface area (Å²) in [5.74, 6) is 0.233. The minimum absolute atomic E-state index is 0.233. The van der Waals surface area contributed by atoms with Crippen LogP contribution < -0.4 is 0 Å². The van der Waals surface area contributed by atoms with Crippen molar-refractivity contribution in [3.05, 3.63) is 47.0 Å². The van der Waals surface area contributed by atoms with Crippen LogP contribution >= 0.6 is 11.6 Å². The molecule has 0 radical (unpaired) electrons. The predicted molar refractivity (Wildman–Crippen MR) is 84.0 cm³/mol. The fourth-order valence-electron chi connectivity index (χ4n) is 2.88. The minimum Gasteiger partial charge on any atom is -0.338 e. The number of rotatable bonds is 5. The van der Waals surface area contributed by atoms with Gasteiger partial charge in [-0.1, -0.05) is 42.3 Å². The second-order valence-corrected chi connectivity index (χ2v) is 6.16. The maximum atomic E-state index is 13.0. The summed E-state index contributed by atoms with van der Waals surface area (Å²) in [5.41, 5.74) is 1.78. The van der Waals surface area contributed by atoms with E-state index in [1.54, 1.807) is 0 Å². The van der Waals surface area contributed by atoms with E-state index in [2.05, 4.69) is 6.58 Å². The Morgan fingerprint density at radius 2 is 1.95 bits per heavy atom. The molecule has 20 heavy (non-hydrogen) atoms. The zero-order chi connectivity index (χ0) is 14.8. The molecule has 1 saturated carbocycles. The second kappa shape index (κ2) is 6.01. The number of benzene rings is 1. The third kappa shape index (κ3) is 2.76. The summed E-state index contributed by atoms with van der Waals surface area (Å²) in [6, 6.07) is 7.74. The highest BCUT2D eigenvalue weighted by atomic mass is 35.5. The van der Waals surface area contributed by atoms with Crippen LogP contribution in [0.3, 0.4) is 0 Å². The van der Waals surface area contributed by atoms with Crippen molar-refractivity contribution in [2.45, 2.75) is 38.5 Å². The van der Waals surface area contributed by atoms with Crippen molar-refractivity contribution in [2.24, 2.45) is 0 Å². The molecule has 0 N–H and O–H groups in total. The van der Waals surface area contributed by atoms with Crippen LogP contribution in [0.5, 0.6) is 0 Å². The molecule has 0 aliphatic heterocycles. The standard InChI is InChI=1S/C17H22ClNO/c1-4-19(12-13(2)3)16(20)17(10-5-11-17)14-6-8-15(18)9-7-14/h6-9H,2,4-5,10-12H2,1,3H3. The molecule has 0 saturated heterocycles. The van der Waals surface area contributed by atoms with Crippen LogP contribution in [-0.4, -0.2) is 23.9 Å². The number of amides is 1. The maximum absolute atomic E-state index is 13.0. The zero-order valence-corrected chi connectivity index (χ0v) is 13.0. The quantitative estimate of drug-likeness (QED) is 0.745. The van der Waals surface area contributed by atoms with E-state index in [0.717, 1.165) is 36.9 Å². The highest BCUT2D eigenvalue weighted by molar-refractivity contribution is 6.30. The molecule has 1 aromatic carbocycles. The smallest absolute Gasteiger partial charge is 0.233 e. The Bertz CT molecular complexity index is 502. The molecule has 1 aromatic rings. The molecule has 1 aliphatic carbocycles. The van der Waals surface area contributed by atoms with Gasteiger partial charge in [-0.2, -0.15) is 0 Å². The molecule has 2 rings (SSSR count). The van der Waals surface area contributed by atoms with Crippen LogP contribution in [0.1, 0.15) is 38.7 Å². The first-order valence-corrected chi connectivity index (χ1v) is 7.57. The topological polar surface area (TPSA) is 20.3 Å². The summed E-state index contributed by atoms with van der Waals surface area (Å²) in [4.78, 5) is 14.9. The van der Waals surface area contributed by atoms with Gasteiger partial charge in [-0.25, -0.2) is 0 Å². The Labute approximate surface area is 126 Å². The van der Waals surface area contributed by atoms with E-state index >= 15 is 0 Å². The van der Waals surface area contributed by atoms with Crippen LogP contribution in [-0.2, 0) is 10.2 Å². The lowest BCUT2D eigenvalue weighted by molar-refractivity contribution is -0.140. The van der Waals surface area contributed by atoms with Gasteiger partial charge in [-0.05, 0) is 44.4 Å². The summed E-state index contributed by atoms with van der Waals surface area (Å²) in [6.07, 6.45) is 2.97. The van der Waals surface area contributed by atoms with E-state index in [-0.39, 0.29) is 11.3 Å². The molecular formula is C17H22ClNO. The molecule has 0 aromatic heterocycles. The van der Waals surface area contributed by atoms with E-state index in [9.17, 15) is 4.79 Å². The number of nitrogens with zero attached hydrogens (tertiary/aromatic N) is 1. The summed E-state index contributed by atoms with van der Waals surface area (Å²) < 4.78 is 0. The number of halogens is 1. The van der Waals surface area contributed by atoms with Crippen LogP contribution in [0, 0.1) is 0 Å². The number of carbonyl (C=O) groups excluding carboxylic acids is 1. The molecule has 1 fully saturated rings. The van der Waals surface area contributed by atoms with Gasteiger partial charge in [0.05, 0.1) is 5.41 Å². The fraction of sp³-hybridized carbons (Fsp3) is 0.471. The van der Waals surface area contributed by atoms with E-state index in [1.165, 1.54) is 0 Å². The summed E-state index contributed by atoms with van der Waals surface area (Å²) in [6.45, 7) is 9.28. The normalized spacial score (nSPS) is 16.4. The zero-order valence-electron chi connectivity index (χ0n) is 12.3. The third-order valence-corrected chi connectivity index (χ3v) is 4.39. The Morgan fingerprint density at radius 3 is 2.35 bits per heavy atom. The molecule has 0 atom stereocenters. The summed E-state index contributed by atoms with van der Waals surface area (Å²) >= 11 is 5.95. The Hall–Kier alpha value is -1.28. The van der Waals surface area contributed by atoms with Gasteiger partial charge in [0, 0.05) is 18.1 Å². The molecule has 0 unspecified atom stereocenters. The van der Waals surface area contributed by atoms with Gasteiger partial charge >= 0.3 is 0 Å². The maximum Gasteiger partial charge on any atom is 0.233 e. The Kier molecular flexibility index (Phi) is 4.54.